The van der Waals surface area contributed by atoms with Gasteiger partial charge in [0.15, 0.2) is 11.6 Å². The number of nitrogens with one attached hydrogen (secondary N) is 1. The van der Waals surface area contributed by atoms with Crippen LogP contribution in [0.2, 0.25) is 5.02 Å². The molecular weight excluding hydrogens is 368 g/mol. The van der Waals surface area contributed by atoms with Crippen LogP contribution in [0.4, 0.5) is 5.82 Å². The van der Waals surface area contributed by atoms with Gasteiger partial charge in [-0.2, -0.15) is 5.10 Å². The summed E-state index contributed by atoms with van der Waals surface area (Å²) < 4.78 is 0. The summed E-state index contributed by atoms with van der Waals surface area (Å²) in [5.74, 6) is 1.21. The first kappa shape index (κ1) is 18.1. The second-order valence-corrected chi connectivity index (χ2v) is 6.98. The molecule has 4 aromatic rings. The summed E-state index contributed by atoms with van der Waals surface area (Å²) in [6.07, 6.45) is 0. The molecule has 4 nitrogen and oxygen atoms in total. The molecule has 4 rings (SSSR count). The molecule has 0 unspecified atom stereocenters. The van der Waals surface area contributed by atoms with E-state index in [4.69, 9.17) is 16.6 Å². The highest BCUT2D eigenvalue weighted by Crippen LogP contribution is 2.29. The van der Waals surface area contributed by atoms with Crippen LogP contribution in [0, 0.1) is 6.92 Å². The third kappa shape index (κ3) is 3.73. The molecule has 0 spiro atoms. The van der Waals surface area contributed by atoms with Gasteiger partial charge in [0.2, 0.25) is 0 Å². The molecule has 1 heterocycles. The van der Waals surface area contributed by atoms with Crippen LogP contribution in [0.15, 0.2) is 77.9 Å². The second kappa shape index (κ2) is 7.79. The minimum Gasteiger partial charge on any atom is -0.260 e. The van der Waals surface area contributed by atoms with Crippen LogP contribution in [-0.4, -0.2) is 15.7 Å². The number of anilines is 1. The lowest BCUT2D eigenvalue weighted by atomic mass is 10.1. The van der Waals surface area contributed by atoms with Crippen LogP contribution in [0.5, 0.6) is 0 Å². The van der Waals surface area contributed by atoms with Crippen molar-refractivity contribution in [2.24, 2.45) is 5.10 Å². The van der Waals surface area contributed by atoms with Gasteiger partial charge in [-0.25, -0.2) is 9.97 Å². The topological polar surface area (TPSA) is 50.2 Å². The van der Waals surface area contributed by atoms with Crippen molar-refractivity contribution >= 4 is 34.0 Å². The van der Waals surface area contributed by atoms with E-state index in [0.717, 1.165) is 27.7 Å². The molecule has 3 aromatic carbocycles. The van der Waals surface area contributed by atoms with Gasteiger partial charge in [0.05, 0.1) is 16.3 Å². The number of rotatable bonds is 4. The third-order valence-corrected chi connectivity index (χ3v) is 4.85. The van der Waals surface area contributed by atoms with Gasteiger partial charge < -0.3 is 0 Å². The number of hydrogen-bond acceptors (Lipinski definition) is 4. The van der Waals surface area contributed by atoms with E-state index >= 15 is 0 Å². The molecule has 0 fully saturated rings. The number of hydrazone groups is 1. The number of hydrogen-bond donors (Lipinski definition) is 1. The Balaban J connectivity index is 1.76. The molecular formula is C23H19ClN4. The number of halogens is 1. The van der Waals surface area contributed by atoms with Crippen LogP contribution in [-0.2, 0) is 0 Å². The van der Waals surface area contributed by atoms with Gasteiger partial charge in [-0.3, -0.25) is 5.43 Å². The lowest BCUT2D eigenvalue weighted by Crippen LogP contribution is -2.03. The summed E-state index contributed by atoms with van der Waals surface area (Å²) in [6.45, 7) is 4.04. The Morgan fingerprint density at radius 2 is 1.61 bits per heavy atom. The molecule has 0 aliphatic rings. The Morgan fingerprint density at radius 1 is 0.893 bits per heavy atom. The number of benzene rings is 3. The van der Waals surface area contributed by atoms with Gasteiger partial charge >= 0.3 is 0 Å². The molecule has 28 heavy (non-hydrogen) atoms. The number of aromatic nitrogens is 2. The summed E-state index contributed by atoms with van der Waals surface area (Å²) in [6, 6.07) is 23.7. The van der Waals surface area contributed by atoms with E-state index in [-0.39, 0.29) is 0 Å². The first-order chi connectivity index (χ1) is 13.6. The summed E-state index contributed by atoms with van der Waals surface area (Å²) in [5.41, 5.74) is 7.90. The van der Waals surface area contributed by atoms with E-state index in [2.05, 4.69) is 46.7 Å². The normalized spacial score (nSPS) is 11.6. The first-order valence-corrected chi connectivity index (χ1v) is 9.38. The maximum atomic E-state index is 6.35. The zero-order valence-electron chi connectivity index (χ0n) is 15.6. The van der Waals surface area contributed by atoms with Crippen LogP contribution in [0.25, 0.3) is 22.3 Å². The van der Waals surface area contributed by atoms with Gasteiger partial charge in [0.25, 0.3) is 0 Å². The zero-order chi connectivity index (χ0) is 19.5. The molecule has 0 saturated carbocycles. The Kier molecular flexibility index (Phi) is 5.04. The molecule has 0 atom stereocenters. The molecule has 0 amide bonds. The second-order valence-electron chi connectivity index (χ2n) is 6.57. The zero-order valence-corrected chi connectivity index (χ0v) is 16.4. The average Bonchev–Trinajstić information content (AvgIpc) is 2.72. The van der Waals surface area contributed by atoms with Gasteiger partial charge in [0.1, 0.15) is 0 Å². The SMILES string of the molecule is CC(=NNc1nc(-c2ccccc2Cl)nc2ccccc12)c1ccc(C)cc1. The molecule has 1 N–H and O–H groups in total. The van der Waals surface area contributed by atoms with E-state index in [9.17, 15) is 0 Å². The minimum absolute atomic E-state index is 0.565. The van der Waals surface area contributed by atoms with E-state index in [0.29, 0.717) is 16.7 Å². The molecule has 0 saturated heterocycles. The van der Waals surface area contributed by atoms with Crippen molar-refractivity contribution in [3.8, 4) is 11.4 Å². The lowest BCUT2D eigenvalue weighted by molar-refractivity contribution is 1.18. The molecule has 0 aliphatic heterocycles. The summed E-state index contributed by atoms with van der Waals surface area (Å²) >= 11 is 6.35. The summed E-state index contributed by atoms with van der Waals surface area (Å²) in [7, 11) is 0. The molecule has 0 radical (unpaired) electrons. The van der Waals surface area contributed by atoms with Crippen LogP contribution in [0.1, 0.15) is 18.1 Å². The van der Waals surface area contributed by atoms with Crippen molar-refractivity contribution in [1.29, 1.82) is 0 Å². The number of nitrogens with zero attached hydrogens (tertiary/aromatic N) is 3. The molecule has 5 heteroatoms. The van der Waals surface area contributed by atoms with E-state index in [1.165, 1.54) is 5.56 Å². The molecule has 138 valence electrons. The number of aryl methyl sites for hydroxylation is 1. The highest BCUT2D eigenvalue weighted by molar-refractivity contribution is 6.33. The standard InChI is InChI=1S/C23H19ClN4/c1-15-11-13-17(14-12-15)16(2)27-28-23-19-8-4-6-10-21(19)25-22(26-23)18-7-3-5-9-20(18)24/h3-14H,1-2H3,(H,25,26,28). The molecule has 0 aliphatic carbocycles. The van der Waals surface area contributed by atoms with Crippen molar-refractivity contribution in [2.45, 2.75) is 13.8 Å². The highest BCUT2D eigenvalue weighted by Gasteiger charge is 2.11. The molecule has 0 bridgehead atoms. The monoisotopic (exact) mass is 386 g/mol. The van der Waals surface area contributed by atoms with Crippen molar-refractivity contribution in [2.75, 3.05) is 5.43 Å². The summed E-state index contributed by atoms with van der Waals surface area (Å²) in [4.78, 5) is 9.38. The average molecular weight is 387 g/mol. The summed E-state index contributed by atoms with van der Waals surface area (Å²) in [5, 5.41) is 6.06. The van der Waals surface area contributed by atoms with Crippen molar-refractivity contribution in [3.05, 3.63) is 88.9 Å². The fraction of sp³-hybridized carbons (Fsp3) is 0.0870. The van der Waals surface area contributed by atoms with Gasteiger partial charge in [0, 0.05) is 10.9 Å². The maximum absolute atomic E-state index is 6.35. The van der Waals surface area contributed by atoms with Crippen LogP contribution >= 0.6 is 11.6 Å². The smallest absolute Gasteiger partial charge is 0.163 e. The van der Waals surface area contributed by atoms with E-state index in [1.807, 2.05) is 55.5 Å². The largest absolute Gasteiger partial charge is 0.260 e. The fourth-order valence-electron chi connectivity index (χ4n) is 2.92. The number of fused-ring (bicyclic) bond motifs is 1. The van der Waals surface area contributed by atoms with Crippen molar-refractivity contribution in [3.63, 3.8) is 0 Å². The predicted molar refractivity (Wildman–Crippen MR) is 117 cm³/mol. The Bertz CT molecular complexity index is 1170. The Labute approximate surface area is 168 Å². The van der Waals surface area contributed by atoms with Crippen molar-refractivity contribution in [1.82, 2.24) is 9.97 Å². The maximum Gasteiger partial charge on any atom is 0.163 e. The van der Waals surface area contributed by atoms with Gasteiger partial charge in [-0.15, -0.1) is 0 Å². The number of para-hydroxylation sites is 1. The van der Waals surface area contributed by atoms with Crippen molar-refractivity contribution < 1.29 is 0 Å². The highest BCUT2D eigenvalue weighted by atomic mass is 35.5. The third-order valence-electron chi connectivity index (χ3n) is 4.52. The Morgan fingerprint density at radius 3 is 2.39 bits per heavy atom. The fourth-order valence-corrected chi connectivity index (χ4v) is 3.14. The van der Waals surface area contributed by atoms with Gasteiger partial charge in [-0.05, 0) is 43.7 Å². The van der Waals surface area contributed by atoms with Crippen LogP contribution in [0.3, 0.4) is 0 Å². The molecule has 1 aromatic heterocycles. The van der Waals surface area contributed by atoms with E-state index < -0.39 is 0 Å². The Hall–Kier alpha value is -3.24. The first-order valence-electron chi connectivity index (χ1n) is 9.01. The lowest BCUT2D eigenvalue weighted by Gasteiger charge is -2.10. The quantitative estimate of drug-likeness (QED) is 0.341. The van der Waals surface area contributed by atoms with Crippen LogP contribution < -0.4 is 5.43 Å². The minimum atomic E-state index is 0.565. The predicted octanol–water partition coefficient (Wildman–Crippen LogP) is 6.09. The van der Waals surface area contributed by atoms with E-state index in [1.54, 1.807) is 0 Å². The van der Waals surface area contributed by atoms with Gasteiger partial charge in [-0.1, -0.05) is 65.7 Å².